The number of carbonyl (C=O) groups is 1. The van der Waals surface area contributed by atoms with E-state index in [1.54, 1.807) is 6.07 Å². The molecule has 2 N–H and O–H groups in total. The molecule has 0 atom stereocenters. The lowest BCUT2D eigenvalue weighted by molar-refractivity contribution is 0.0937. The Bertz CT molecular complexity index is 447. The van der Waals surface area contributed by atoms with Crippen LogP contribution < -0.4 is 5.32 Å². The predicted molar refractivity (Wildman–Crippen MR) is 48.8 cm³/mol. The average molecular weight is 207 g/mol. The summed E-state index contributed by atoms with van der Waals surface area (Å²) in [6.07, 6.45) is 0. The van der Waals surface area contributed by atoms with Crippen LogP contribution in [0.2, 0.25) is 0 Å². The van der Waals surface area contributed by atoms with Crippen LogP contribution >= 0.6 is 0 Å². The van der Waals surface area contributed by atoms with E-state index in [0.717, 1.165) is 5.76 Å². The van der Waals surface area contributed by atoms with Gasteiger partial charge in [-0.25, -0.2) is 0 Å². The summed E-state index contributed by atoms with van der Waals surface area (Å²) in [6, 6.07) is 3.63. The minimum Gasteiger partial charge on any atom is -0.465 e. The zero-order valence-electron chi connectivity index (χ0n) is 8.02. The molecule has 0 aliphatic heterocycles. The van der Waals surface area contributed by atoms with Gasteiger partial charge in [-0.05, 0) is 24.3 Å². The molecule has 7 heteroatoms. The van der Waals surface area contributed by atoms with Crippen molar-refractivity contribution in [2.24, 2.45) is 0 Å². The van der Waals surface area contributed by atoms with E-state index in [-0.39, 0.29) is 5.82 Å². The standard InChI is InChI=1S/C8H9N5O2/c1-5-2-3-6(15-5)4-9-8(14)7-10-12-13-11-7/h2-3H,4H2,1H3,(H,9,14)(H,10,11,12,13). The van der Waals surface area contributed by atoms with E-state index in [1.165, 1.54) is 0 Å². The molecule has 0 radical (unpaired) electrons. The average Bonchev–Trinajstić information content (AvgIpc) is 2.84. The van der Waals surface area contributed by atoms with Crippen LogP contribution in [0.25, 0.3) is 0 Å². The van der Waals surface area contributed by atoms with Gasteiger partial charge < -0.3 is 9.73 Å². The van der Waals surface area contributed by atoms with Crippen molar-refractivity contribution in [1.29, 1.82) is 0 Å². The Hall–Kier alpha value is -2.18. The van der Waals surface area contributed by atoms with Gasteiger partial charge in [-0.2, -0.15) is 5.21 Å². The number of hydrogen-bond donors (Lipinski definition) is 2. The monoisotopic (exact) mass is 207 g/mol. The van der Waals surface area contributed by atoms with Crippen LogP contribution in [0.5, 0.6) is 0 Å². The second kappa shape index (κ2) is 3.91. The molecule has 0 aliphatic carbocycles. The second-order valence-electron chi connectivity index (χ2n) is 2.93. The Morgan fingerprint density at radius 2 is 2.47 bits per heavy atom. The van der Waals surface area contributed by atoms with E-state index in [4.69, 9.17) is 4.42 Å². The van der Waals surface area contributed by atoms with E-state index in [0.29, 0.717) is 12.3 Å². The van der Waals surface area contributed by atoms with E-state index in [9.17, 15) is 4.79 Å². The fourth-order valence-corrected chi connectivity index (χ4v) is 1.08. The summed E-state index contributed by atoms with van der Waals surface area (Å²) in [5.41, 5.74) is 0. The lowest BCUT2D eigenvalue weighted by Crippen LogP contribution is -2.23. The number of tetrazole rings is 1. The van der Waals surface area contributed by atoms with E-state index in [2.05, 4.69) is 25.9 Å². The summed E-state index contributed by atoms with van der Waals surface area (Å²) in [7, 11) is 0. The van der Waals surface area contributed by atoms with Crippen LogP contribution in [0.3, 0.4) is 0 Å². The SMILES string of the molecule is Cc1ccc(CNC(=O)c2nn[nH]n2)o1. The Balaban J connectivity index is 1.91. The highest BCUT2D eigenvalue weighted by molar-refractivity contribution is 5.89. The highest BCUT2D eigenvalue weighted by atomic mass is 16.3. The molecule has 0 aromatic carbocycles. The van der Waals surface area contributed by atoms with Crippen molar-refractivity contribution in [2.75, 3.05) is 0 Å². The maximum Gasteiger partial charge on any atom is 0.293 e. The van der Waals surface area contributed by atoms with Crippen molar-refractivity contribution >= 4 is 5.91 Å². The summed E-state index contributed by atoms with van der Waals surface area (Å²) in [4.78, 5) is 11.3. The molecule has 2 aromatic heterocycles. The molecule has 0 fully saturated rings. The minimum absolute atomic E-state index is 0.0123. The van der Waals surface area contributed by atoms with Gasteiger partial charge in [0.05, 0.1) is 6.54 Å². The second-order valence-corrected chi connectivity index (χ2v) is 2.93. The van der Waals surface area contributed by atoms with Crippen LogP contribution in [0.1, 0.15) is 22.1 Å². The number of rotatable bonds is 3. The van der Waals surface area contributed by atoms with E-state index < -0.39 is 5.91 Å². The molecule has 2 heterocycles. The van der Waals surface area contributed by atoms with Gasteiger partial charge in [0.15, 0.2) is 0 Å². The summed E-state index contributed by atoms with van der Waals surface area (Å²) < 4.78 is 5.27. The molecule has 0 bridgehead atoms. The number of H-pyrrole nitrogens is 1. The lowest BCUT2D eigenvalue weighted by Gasteiger charge is -1.98. The number of carbonyl (C=O) groups excluding carboxylic acids is 1. The molecule has 1 amide bonds. The van der Waals surface area contributed by atoms with Crippen molar-refractivity contribution in [2.45, 2.75) is 13.5 Å². The summed E-state index contributed by atoms with van der Waals surface area (Å²) in [5, 5.41) is 15.2. The number of amides is 1. The first kappa shape index (κ1) is 9.38. The fourth-order valence-electron chi connectivity index (χ4n) is 1.08. The number of aryl methyl sites for hydroxylation is 1. The van der Waals surface area contributed by atoms with Gasteiger partial charge in [-0.15, -0.1) is 10.2 Å². The van der Waals surface area contributed by atoms with Crippen LogP contribution in [0.4, 0.5) is 0 Å². The number of hydrogen-bond acceptors (Lipinski definition) is 5. The van der Waals surface area contributed by atoms with Crippen molar-refractivity contribution in [3.63, 3.8) is 0 Å². The normalized spacial score (nSPS) is 10.2. The number of furan rings is 1. The molecule has 0 spiro atoms. The first-order valence-corrected chi connectivity index (χ1v) is 4.32. The first-order valence-electron chi connectivity index (χ1n) is 4.32. The molecule has 15 heavy (non-hydrogen) atoms. The predicted octanol–water partition coefficient (Wildman–Crippen LogP) is 0.0311. The van der Waals surface area contributed by atoms with Gasteiger partial charge in [0.25, 0.3) is 11.7 Å². The van der Waals surface area contributed by atoms with Crippen LogP contribution in [0.15, 0.2) is 16.5 Å². The number of aromatic amines is 1. The Morgan fingerprint density at radius 3 is 3.07 bits per heavy atom. The number of aromatic nitrogens is 4. The van der Waals surface area contributed by atoms with Crippen molar-refractivity contribution in [1.82, 2.24) is 25.9 Å². The molecule has 0 saturated heterocycles. The largest absolute Gasteiger partial charge is 0.465 e. The van der Waals surface area contributed by atoms with Gasteiger partial charge in [0.1, 0.15) is 11.5 Å². The molecule has 2 aromatic rings. The zero-order chi connectivity index (χ0) is 10.7. The topological polar surface area (TPSA) is 96.7 Å². The van der Waals surface area contributed by atoms with Gasteiger partial charge in [-0.1, -0.05) is 0 Å². The lowest BCUT2D eigenvalue weighted by atomic mass is 10.4. The molecule has 7 nitrogen and oxygen atoms in total. The molecule has 2 rings (SSSR count). The highest BCUT2D eigenvalue weighted by Crippen LogP contribution is 2.05. The Kier molecular flexibility index (Phi) is 2.44. The van der Waals surface area contributed by atoms with Gasteiger partial charge in [0, 0.05) is 0 Å². The third kappa shape index (κ3) is 2.19. The van der Waals surface area contributed by atoms with Crippen molar-refractivity contribution < 1.29 is 9.21 Å². The molecular weight excluding hydrogens is 198 g/mol. The smallest absolute Gasteiger partial charge is 0.293 e. The van der Waals surface area contributed by atoms with Crippen molar-refractivity contribution in [3.05, 3.63) is 29.5 Å². The maximum atomic E-state index is 11.3. The molecule has 0 unspecified atom stereocenters. The molecule has 0 saturated carbocycles. The number of nitrogens with one attached hydrogen (secondary N) is 2. The van der Waals surface area contributed by atoms with E-state index in [1.807, 2.05) is 13.0 Å². The van der Waals surface area contributed by atoms with Gasteiger partial charge in [-0.3, -0.25) is 4.79 Å². The Labute approximate surface area is 84.9 Å². The fraction of sp³-hybridized carbons (Fsp3) is 0.250. The molecule has 0 aliphatic rings. The van der Waals surface area contributed by atoms with Crippen LogP contribution in [0, 0.1) is 6.92 Å². The third-order valence-corrected chi connectivity index (χ3v) is 1.77. The molecule has 78 valence electrons. The summed E-state index contributed by atoms with van der Waals surface area (Å²) in [5.74, 6) is 1.11. The number of nitrogens with zero attached hydrogens (tertiary/aromatic N) is 3. The molecular formula is C8H9N5O2. The van der Waals surface area contributed by atoms with Crippen LogP contribution in [-0.4, -0.2) is 26.5 Å². The maximum absolute atomic E-state index is 11.3. The zero-order valence-corrected chi connectivity index (χ0v) is 8.02. The first-order chi connectivity index (χ1) is 7.25. The minimum atomic E-state index is -0.391. The summed E-state index contributed by atoms with van der Waals surface area (Å²) in [6.45, 7) is 2.14. The van der Waals surface area contributed by atoms with Gasteiger partial charge in [0.2, 0.25) is 0 Å². The highest BCUT2D eigenvalue weighted by Gasteiger charge is 2.10. The van der Waals surface area contributed by atoms with Crippen LogP contribution in [-0.2, 0) is 6.54 Å². The van der Waals surface area contributed by atoms with E-state index >= 15 is 0 Å². The third-order valence-electron chi connectivity index (χ3n) is 1.77. The quantitative estimate of drug-likeness (QED) is 0.740. The Morgan fingerprint density at radius 1 is 1.60 bits per heavy atom. The van der Waals surface area contributed by atoms with Gasteiger partial charge >= 0.3 is 0 Å². The summed E-state index contributed by atoms with van der Waals surface area (Å²) >= 11 is 0. The van der Waals surface area contributed by atoms with Crippen molar-refractivity contribution in [3.8, 4) is 0 Å².